The first kappa shape index (κ1) is 46.4. The molecule has 2 aromatic carbocycles. The van der Waals surface area contributed by atoms with Crippen LogP contribution in [-0.4, -0.2) is 41.2 Å². The molecule has 0 radical (unpaired) electrons. The molecule has 0 aliphatic rings. The van der Waals surface area contributed by atoms with E-state index < -0.39 is 11.8 Å². The number of ether oxygens (including phenoxy) is 1. The van der Waals surface area contributed by atoms with Crippen LogP contribution in [-0.2, 0) is 19.2 Å². The number of carbonyl (C=O) groups is 4. The predicted molar refractivity (Wildman–Crippen MR) is 149 cm³/mol. The summed E-state index contributed by atoms with van der Waals surface area (Å²) in [6.07, 6.45) is 0.386. The summed E-state index contributed by atoms with van der Waals surface area (Å²) in [6.45, 7) is 5.30. The number of fused-ring (bicyclic) bond motifs is 1. The molecule has 0 aliphatic carbocycles. The van der Waals surface area contributed by atoms with Crippen molar-refractivity contribution >= 4 is 105 Å². The van der Waals surface area contributed by atoms with E-state index in [9.17, 15) is 18.8 Å². The Hall–Kier alpha value is 1.98. The van der Waals surface area contributed by atoms with Crippen LogP contribution in [0.1, 0.15) is 42.2 Å². The van der Waals surface area contributed by atoms with Crippen molar-refractivity contribution in [1.82, 2.24) is 0 Å². The number of thiophene rings is 1. The van der Waals surface area contributed by atoms with E-state index in [-0.39, 0.29) is 179 Å². The van der Waals surface area contributed by atoms with Gasteiger partial charge < -0.3 is 21.4 Å². The fourth-order valence-electron chi connectivity index (χ4n) is 2.14. The van der Waals surface area contributed by atoms with Crippen LogP contribution >= 0.6 is 70.4 Å². The molecule has 3 rings (SSSR count). The molecule has 0 spiro atoms. The third-order valence-electron chi connectivity index (χ3n) is 3.52. The van der Waals surface area contributed by atoms with Gasteiger partial charge in [0, 0.05) is 4.70 Å². The molecule has 17 heteroatoms. The normalized spacial score (nSPS) is 9.45. The number of carboxylic acid groups (broad SMARTS) is 1. The zero-order valence-electron chi connectivity index (χ0n) is 22.8. The summed E-state index contributed by atoms with van der Waals surface area (Å²) >= 11 is 27.5. The number of thiol groups is 1. The Morgan fingerprint density at radius 1 is 1.02 bits per heavy atom. The average Bonchev–Trinajstić information content (AvgIpc) is 3.24. The molecule has 1 heterocycles. The number of halogens is 5. The number of hydrogen-bond acceptors (Lipinski definition) is 9. The van der Waals surface area contributed by atoms with Crippen molar-refractivity contribution in [1.29, 1.82) is 0 Å². The Morgan fingerprint density at radius 2 is 1.50 bits per heavy atom. The molecule has 0 saturated carbocycles. The molecule has 0 saturated heterocycles. The Kier molecular flexibility index (Phi) is 28.1. The van der Waals surface area contributed by atoms with E-state index in [0.717, 1.165) is 16.2 Å². The zero-order chi connectivity index (χ0) is 29.6. The number of aromatic carboxylic acids is 1. The van der Waals surface area contributed by atoms with Crippen LogP contribution in [0.4, 0.5) is 4.39 Å². The summed E-state index contributed by atoms with van der Waals surface area (Å²) in [7, 11) is 0. The molecule has 0 fully saturated rings. The maximum Gasteiger partial charge on any atom is 1.00 e. The molecule has 0 unspecified atom stereocenters. The molecule has 0 amide bonds. The molecule has 40 heavy (non-hydrogen) atoms. The number of carboxylic acids is 1. The maximum absolute atomic E-state index is 12.7. The molecule has 0 atom stereocenters. The first-order valence-corrected chi connectivity index (χ1v) is 12.8. The standard InChI is InChI=1S/C9H4Cl2O2S.C7H3Cl2FO.C6H12O2S.CH2O3.2Cs.H/c10-5-1-4-2-8(9(12)13)14-7(4)3-6(5)11;8-5-1-4(3-11)7(10)2-6(5)9;1-6(2,3)8-5(7)4-9;2-1-4-3;;;/h1-3H,(H,12,13);1-3H;9H,4H2,1-3H3;1,3H;;;/q;;;;2*+1;-1/p-1. The van der Waals surface area contributed by atoms with Crippen LogP contribution in [0.3, 0.4) is 0 Å². The van der Waals surface area contributed by atoms with Crippen LogP contribution in [0.15, 0.2) is 30.3 Å². The molecule has 1 aromatic heterocycles. The second kappa shape index (κ2) is 24.2. The fourth-order valence-corrected chi connectivity index (χ4v) is 3.85. The third-order valence-corrected chi connectivity index (χ3v) is 6.31. The molecule has 0 aliphatic heterocycles. The van der Waals surface area contributed by atoms with Crippen molar-refractivity contribution in [2.24, 2.45) is 0 Å². The van der Waals surface area contributed by atoms with E-state index in [1.54, 1.807) is 18.2 Å². The van der Waals surface area contributed by atoms with Crippen LogP contribution in [0.5, 0.6) is 0 Å². The maximum atomic E-state index is 12.7. The molecule has 8 nitrogen and oxygen atoms in total. The number of aldehydes is 1. The summed E-state index contributed by atoms with van der Waals surface area (Å²) < 4.78 is 18.4. The minimum absolute atomic E-state index is 0. The molecule has 3 aromatic rings. The summed E-state index contributed by atoms with van der Waals surface area (Å²) in [5.41, 5.74) is -0.459. The molecule has 1 N–H and O–H groups in total. The smallest absolute Gasteiger partial charge is 1.00 e. The van der Waals surface area contributed by atoms with Gasteiger partial charge in [-0.25, -0.2) is 9.18 Å². The average molecular weight is 916 g/mol. The van der Waals surface area contributed by atoms with E-state index in [1.807, 2.05) is 20.8 Å². The molecule has 210 valence electrons. The van der Waals surface area contributed by atoms with E-state index in [0.29, 0.717) is 21.2 Å². The number of carbonyl (C=O) groups excluding carboxylic acids is 3. The number of esters is 1. The van der Waals surface area contributed by atoms with Gasteiger partial charge in [0.1, 0.15) is 16.3 Å². The van der Waals surface area contributed by atoms with Gasteiger partial charge in [0.05, 0.1) is 31.4 Å². The van der Waals surface area contributed by atoms with Crippen LogP contribution < -0.4 is 143 Å². The minimum atomic E-state index is -0.932. The number of rotatable bonds is 4. The van der Waals surface area contributed by atoms with Crippen molar-refractivity contribution in [2.75, 3.05) is 5.75 Å². The van der Waals surface area contributed by atoms with Crippen LogP contribution in [0.25, 0.3) is 10.1 Å². The van der Waals surface area contributed by atoms with Gasteiger partial charge in [-0.3, -0.25) is 14.4 Å². The first-order chi connectivity index (χ1) is 17.6. The van der Waals surface area contributed by atoms with E-state index in [1.165, 1.54) is 17.4 Å². The largest absolute Gasteiger partial charge is 1.00 e. The summed E-state index contributed by atoms with van der Waals surface area (Å²) in [5, 5.41) is 19.2. The first-order valence-electron chi connectivity index (χ1n) is 9.86. The van der Waals surface area contributed by atoms with Crippen molar-refractivity contribution < 1.29 is 183 Å². The monoisotopic (exact) mass is 914 g/mol. The van der Waals surface area contributed by atoms with Crippen molar-refractivity contribution in [2.45, 2.75) is 26.4 Å². The van der Waals surface area contributed by atoms with Crippen LogP contribution in [0, 0.1) is 5.82 Å². The van der Waals surface area contributed by atoms with E-state index >= 15 is 0 Å². The van der Waals surface area contributed by atoms with Gasteiger partial charge in [0.2, 0.25) is 0 Å². The Morgan fingerprint density at radius 3 is 1.90 bits per heavy atom. The fraction of sp³-hybridized carbons (Fsp3) is 0.217. The predicted octanol–water partition coefficient (Wildman–Crippen LogP) is 0.664. The number of hydrogen-bond donors (Lipinski definition) is 2. The molecular weight excluding hydrogens is 895 g/mol. The topological polar surface area (TPSA) is 130 Å². The molecule has 0 bridgehead atoms. The van der Waals surface area contributed by atoms with Crippen LogP contribution in [0.2, 0.25) is 20.1 Å². The van der Waals surface area contributed by atoms with Gasteiger partial charge in [-0.1, -0.05) is 46.4 Å². The second-order valence-corrected chi connectivity index (χ2v) is 10.6. The molecular formula is C23H21Cl4Cs2FO8S2. The number of benzene rings is 2. The summed E-state index contributed by atoms with van der Waals surface area (Å²) in [4.78, 5) is 42.9. The van der Waals surface area contributed by atoms with Gasteiger partial charge >= 0.3 is 150 Å². The SMILES string of the molecule is CC(C)(C)OC(=O)CS.O=C(O)c1cc2cc(Cl)c(Cl)cc2s1.O=CO[O-].O=Cc1cc(Cl)c(Cl)cc1F.[Cs+].[Cs+].[H-]. The minimum Gasteiger partial charge on any atom is -1.00 e. The Bertz CT molecular complexity index is 1240. The quantitative estimate of drug-likeness (QED) is 0.0978. The van der Waals surface area contributed by atoms with E-state index in [2.05, 4.69) is 17.5 Å². The summed E-state index contributed by atoms with van der Waals surface area (Å²) in [5.74, 6) is -1.71. The van der Waals surface area contributed by atoms with E-state index in [4.69, 9.17) is 66.3 Å². The Labute approximate surface area is 378 Å². The van der Waals surface area contributed by atoms with Gasteiger partial charge in [0.15, 0.2) is 6.29 Å². The van der Waals surface area contributed by atoms with Gasteiger partial charge in [-0.2, -0.15) is 12.6 Å². The van der Waals surface area contributed by atoms with Gasteiger partial charge in [-0.05, 0) is 56.5 Å². The second-order valence-electron chi connectivity index (χ2n) is 7.56. The van der Waals surface area contributed by atoms with Crippen molar-refractivity contribution in [3.8, 4) is 0 Å². The Balaban J connectivity index is -0.000000232. The van der Waals surface area contributed by atoms with Crippen molar-refractivity contribution in [3.63, 3.8) is 0 Å². The summed E-state index contributed by atoms with van der Waals surface area (Å²) in [6, 6.07) is 7.13. The van der Waals surface area contributed by atoms with Crippen molar-refractivity contribution in [3.05, 3.63) is 66.7 Å². The van der Waals surface area contributed by atoms with Gasteiger partial charge in [0.25, 0.3) is 6.47 Å². The third kappa shape index (κ3) is 19.4. The zero-order valence-corrected chi connectivity index (χ0v) is 39.1. The van der Waals surface area contributed by atoms with Gasteiger partial charge in [-0.15, -0.1) is 11.3 Å².